The highest BCUT2D eigenvalue weighted by atomic mass is 32.1. The van der Waals surface area contributed by atoms with Crippen LogP contribution in [0.3, 0.4) is 0 Å². The number of thiazole rings is 1. The number of hydrogen-bond acceptors (Lipinski definition) is 4. The van der Waals surface area contributed by atoms with Crippen LogP contribution in [-0.4, -0.2) is 29.1 Å². The molecule has 2 aromatic rings. The van der Waals surface area contributed by atoms with Crippen molar-refractivity contribution < 1.29 is 9.90 Å². The van der Waals surface area contributed by atoms with Crippen LogP contribution < -0.4 is 4.90 Å². The number of para-hydroxylation sites is 1. The Morgan fingerprint density at radius 3 is 3.00 bits per heavy atom. The van der Waals surface area contributed by atoms with Crippen molar-refractivity contribution >= 4 is 23.0 Å². The summed E-state index contributed by atoms with van der Waals surface area (Å²) in [7, 11) is 0. The van der Waals surface area contributed by atoms with E-state index in [0.29, 0.717) is 6.54 Å². The lowest BCUT2D eigenvalue weighted by Gasteiger charge is -2.19. The number of fused-ring (bicyclic) bond motifs is 1. The predicted octanol–water partition coefficient (Wildman–Crippen LogP) is 2.68. The monoisotopic (exact) mass is 288 g/mol. The standard InChI is InChI=1S/C15H16N2O2S/c1-10-14(20-9-16-10)6-7-17-8-12(15(18)19)11-4-2-3-5-13(11)17/h2-5,9,12H,6-8H2,1H3,(H,18,19). The van der Waals surface area contributed by atoms with Crippen LogP contribution >= 0.6 is 11.3 Å². The van der Waals surface area contributed by atoms with Gasteiger partial charge in [0.2, 0.25) is 0 Å². The van der Waals surface area contributed by atoms with Gasteiger partial charge in [0.15, 0.2) is 0 Å². The summed E-state index contributed by atoms with van der Waals surface area (Å²) < 4.78 is 0. The maximum absolute atomic E-state index is 11.4. The highest BCUT2D eigenvalue weighted by Crippen LogP contribution is 2.36. The lowest BCUT2D eigenvalue weighted by atomic mass is 10.0. The molecule has 0 bridgehead atoms. The molecule has 1 aromatic carbocycles. The summed E-state index contributed by atoms with van der Waals surface area (Å²) in [4.78, 5) is 19.1. The van der Waals surface area contributed by atoms with Gasteiger partial charge in [0.25, 0.3) is 0 Å². The molecule has 0 saturated heterocycles. The van der Waals surface area contributed by atoms with Gasteiger partial charge in [-0.2, -0.15) is 0 Å². The van der Waals surface area contributed by atoms with Gasteiger partial charge in [-0.25, -0.2) is 4.98 Å². The van der Waals surface area contributed by atoms with E-state index < -0.39 is 11.9 Å². The Morgan fingerprint density at radius 1 is 1.50 bits per heavy atom. The average Bonchev–Trinajstić information content (AvgIpc) is 3.00. The van der Waals surface area contributed by atoms with Crippen LogP contribution in [-0.2, 0) is 11.2 Å². The zero-order valence-electron chi connectivity index (χ0n) is 11.2. The topological polar surface area (TPSA) is 53.4 Å². The number of benzene rings is 1. The molecule has 1 N–H and O–H groups in total. The van der Waals surface area contributed by atoms with Gasteiger partial charge in [0.1, 0.15) is 5.92 Å². The molecule has 1 atom stereocenters. The van der Waals surface area contributed by atoms with Crippen molar-refractivity contribution in [1.82, 2.24) is 4.98 Å². The van der Waals surface area contributed by atoms with E-state index in [1.54, 1.807) is 11.3 Å². The van der Waals surface area contributed by atoms with Gasteiger partial charge in [-0.15, -0.1) is 11.3 Å². The largest absolute Gasteiger partial charge is 0.481 e. The summed E-state index contributed by atoms with van der Waals surface area (Å²) >= 11 is 1.67. The molecule has 1 unspecified atom stereocenters. The van der Waals surface area contributed by atoms with Crippen LogP contribution in [0, 0.1) is 6.92 Å². The molecular formula is C15H16N2O2S. The first-order chi connectivity index (χ1) is 9.66. The lowest BCUT2D eigenvalue weighted by molar-refractivity contribution is -0.138. The first-order valence-electron chi connectivity index (χ1n) is 6.62. The highest BCUT2D eigenvalue weighted by Gasteiger charge is 2.32. The van der Waals surface area contributed by atoms with Crippen LogP contribution in [0.15, 0.2) is 29.8 Å². The van der Waals surface area contributed by atoms with E-state index in [0.717, 1.165) is 29.9 Å². The first-order valence-corrected chi connectivity index (χ1v) is 7.50. The van der Waals surface area contributed by atoms with E-state index in [-0.39, 0.29) is 0 Å². The van der Waals surface area contributed by atoms with Gasteiger partial charge in [0, 0.05) is 30.1 Å². The van der Waals surface area contributed by atoms with E-state index in [1.165, 1.54) is 4.88 Å². The molecule has 5 heteroatoms. The first kappa shape index (κ1) is 13.1. The number of anilines is 1. The summed E-state index contributed by atoms with van der Waals surface area (Å²) in [5.41, 5.74) is 4.93. The quantitative estimate of drug-likeness (QED) is 0.940. The lowest BCUT2D eigenvalue weighted by Crippen LogP contribution is -2.26. The third-order valence-corrected chi connectivity index (χ3v) is 4.80. The van der Waals surface area contributed by atoms with Gasteiger partial charge in [-0.1, -0.05) is 18.2 Å². The molecule has 0 fully saturated rings. The van der Waals surface area contributed by atoms with Crippen molar-refractivity contribution in [3.05, 3.63) is 45.9 Å². The van der Waals surface area contributed by atoms with Gasteiger partial charge in [-0.3, -0.25) is 4.79 Å². The molecule has 0 radical (unpaired) electrons. The fourth-order valence-corrected chi connectivity index (χ4v) is 3.48. The molecule has 0 saturated carbocycles. The fraction of sp³-hybridized carbons (Fsp3) is 0.333. The van der Waals surface area contributed by atoms with Crippen LogP contribution in [0.4, 0.5) is 5.69 Å². The number of carbonyl (C=O) groups is 1. The Hall–Kier alpha value is -1.88. The van der Waals surface area contributed by atoms with Crippen molar-refractivity contribution in [2.45, 2.75) is 19.3 Å². The minimum absolute atomic E-state index is 0.409. The second kappa shape index (κ2) is 5.25. The van der Waals surface area contributed by atoms with Crippen LogP contribution in [0.5, 0.6) is 0 Å². The Balaban J connectivity index is 1.78. The number of aromatic nitrogens is 1. The van der Waals surface area contributed by atoms with Crippen molar-refractivity contribution in [2.75, 3.05) is 18.0 Å². The molecule has 2 heterocycles. The number of carboxylic acids is 1. The van der Waals surface area contributed by atoms with E-state index in [9.17, 15) is 9.90 Å². The van der Waals surface area contributed by atoms with Crippen molar-refractivity contribution in [2.24, 2.45) is 0 Å². The Morgan fingerprint density at radius 2 is 2.30 bits per heavy atom. The molecule has 20 heavy (non-hydrogen) atoms. The summed E-state index contributed by atoms with van der Waals surface area (Å²) in [6, 6.07) is 7.81. The molecule has 0 amide bonds. The highest BCUT2D eigenvalue weighted by molar-refractivity contribution is 7.09. The van der Waals surface area contributed by atoms with Crippen molar-refractivity contribution in [1.29, 1.82) is 0 Å². The molecular weight excluding hydrogens is 272 g/mol. The van der Waals surface area contributed by atoms with E-state index in [4.69, 9.17) is 0 Å². The minimum atomic E-state index is -0.742. The summed E-state index contributed by atoms with van der Waals surface area (Å²) in [6.07, 6.45) is 0.914. The number of aliphatic carboxylic acids is 1. The third-order valence-electron chi connectivity index (χ3n) is 3.81. The number of hydrogen-bond donors (Lipinski definition) is 1. The second-order valence-electron chi connectivity index (χ2n) is 5.01. The van der Waals surface area contributed by atoms with Gasteiger partial charge in [0.05, 0.1) is 11.2 Å². The Bertz CT molecular complexity index is 638. The summed E-state index contributed by atoms with van der Waals surface area (Å²) in [5, 5.41) is 9.34. The Labute approximate surface area is 121 Å². The molecule has 4 nitrogen and oxygen atoms in total. The normalized spacial score (nSPS) is 17.2. The number of carboxylic acid groups (broad SMARTS) is 1. The summed E-state index contributed by atoms with van der Waals surface area (Å²) in [6.45, 7) is 3.42. The van der Waals surface area contributed by atoms with Gasteiger partial charge in [-0.05, 0) is 18.6 Å². The molecule has 0 spiro atoms. The van der Waals surface area contributed by atoms with Crippen molar-refractivity contribution in [3.8, 4) is 0 Å². The molecule has 0 aliphatic carbocycles. The zero-order valence-corrected chi connectivity index (χ0v) is 12.1. The van der Waals surface area contributed by atoms with E-state index >= 15 is 0 Å². The van der Waals surface area contributed by atoms with Crippen LogP contribution in [0.2, 0.25) is 0 Å². The maximum Gasteiger partial charge on any atom is 0.312 e. The van der Waals surface area contributed by atoms with E-state index in [2.05, 4.69) is 9.88 Å². The van der Waals surface area contributed by atoms with Crippen LogP contribution in [0.25, 0.3) is 0 Å². The van der Waals surface area contributed by atoms with Gasteiger partial charge >= 0.3 is 5.97 Å². The SMILES string of the molecule is Cc1ncsc1CCN1CC(C(=O)O)c2ccccc21. The van der Waals surface area contributed by atoms with E-state index in [1.807, 2.05) is 36.7 Å². The average molecular weight is 288 g/mol. The van der Waals surface area contributed by atoms with Gasteiger partial charge < -0.3 is 10.0 Å². The number of aryl methyl sites for hydroxylation is 1. The molecule has 104 valence electrons. The summed E-state index contributed by atoms with van der Waals surface area (Å²) in [5.74, 6) is -1.15. The fourth-order valence-electron chi connectivity index (χ4n) is 2.71. The third kappa shape index (κ3) is 2.29. The second-order valence-corrected chi connectivity index (χ2v) is 5.95. The predicted molar refractivity (Wildman–Crippen MR) is 79.6 cm³/mol. The molecule has 1 aliphatic heterocycles. The minimum Gasteiger partial charge on any atom is -0.481 e. The van der Waals surface area contributed by atoms with Crippen molar-refractivity contribution in [3.63, 3.8) is 0 Å². The Kier molecular flexibility index (Phi) is 3.44. The maximum atomic E-state index is 11.4. The number of nitrogens with zero attached hydrogens (tertiary/aromatic N) is 2. The smallest absolute Gasteiger partial charge is 0.312 e. The number of rotatable bonds is 4. The molecule has 1 aliphatic rings. The zero-order chi connectivity index (χ0) is 14.1. The van der Waals surface area contributed by atoms with Crippen LogP contribution in [0.1, 0.15) is 22.1 Å². The molecule has 1 aromatic heterocycles. The molecule has 3 rings (SSSR count).